The van der Waals surface area contributed by atoms with Crippen LogP contribution in [0.15, 0.2) is 30.4 Å². The molecule has 1 aromatic heterocycles. The number of rotatable bonds is 7. The van der Waals surface area contributed by atoms with Crippen LogP contribution in [0.2, 0.25) is 0 Å². The number of esters is 1. The molecule has 0 unspecified atom stereocenters. The molecule has 0 bridgehead atoms. The van der Waals surface area contributed by atoms with Crippen molar-refractivity contribution in [2.75, 3.05) is 13.7 Å². The van der Waals surface area contributed by atoms with E-state index in [0.29, 0.717) is 55.7 Å². The summed E-state index contributed by atoms with van der Waals surface area (Å²) in [4.78, 5) is 63.5. The number of aromatic nitrogens is 1. The molecule has 8 rings (SSSR count). The van der Waals surface area contributed by atoms with E-state index in [2.05, 4.69) is 10.0 Å². The molecule has 308 valence electrons. The molecule has 14 heteroatoms. The third kappa shape index (κ3) is 7.74. The van der Waals surface area contributed by atoms with Crippen LogP contribution in [0.25, 0.3) is 10.9 Å². The number of hydrogen-bond donors (Lipinski definition) is 2. The fraction of sp³-hybridized carbons (Fsp3) is 0.651. The molecule has 4 fully saturated rings. The third-order valence-corrected chi connectivity index (χ3v) is 15.7. The van der Waals surface area contributed by atoms with Crippen LogP contribution in [-0.4, -0.2) is 83.7 Å². The van der Waals surface area contributed by atoms with Crippen molar-refractivity contribution in [3.05, 3.63) is 41.6 Å². The Balaban J connectivity index is 1.12. The molecule has 3 aliphatic heterocycles. The van der Waals surface area contributed by atoms with E-state index < -0.39 is 61.6 Å². The van der Waals surface area contributed by atoms with Crippen LogP contribution < -0.4 is 19.5 Å². The number of methoxy groups -OCH3 is 1. The lowest BCUT2D eigenvalue weighted by molar-refractivity contribution is -0.155. The fourth-order valence-electron chi connectivity index (χ4n) is 9.55. The van der Waals surface area contributed by atoms with E-state index in [9.17, 15) is 27.6 Å². The maximum Gasteiger partial charge on any atom is 0.306 e. The quantitative estimate of drug-likeness (QED) is 0.270. The average molecular weight is 805 g/mol. The predicted molar refractivity (Wildman–Crippen MR) is 212 cm³/mol. The van der Waals surface area contributed by atoms with Crippen LogP contribution in [0.4, 0.5) is 0 Å². The van der Waals surface area contributed by atoms with Crippen molar-refractivity contribution < 1.29 is 41.8 Å². The number of aryl methyl sites for hydroxylation is 2. The van der Waals surface area contributed by atoms with Crippen molar-refractivity contribution in [2.45, 2.75) is 151 Å². The SMILES string of the molecule is COc1ccc2nc(C)c3c(c2c1)CC[C@]1(C[C@H]2C(=O)N[C@]4(C(=O)NS(=O)(=O)C5(C)CC5)C[C@H]4/C=C\CCCCC[C@H](CC(=O)OC4CCCCC4)C(=O)N2C1)O3. The molecular formula is C43H56N4O9S. The van der Waals surface area contributed by atoms with Crippen molar-refractivity contribution in [2.24, 2.45) is 11.8 Å². The van der Waals surface area contributed by atoms with Gasteiger partial charge < -0.3 is 24.4 Å². The van der Waals surface area contributed by atoms with Crippen molar-refractivity contribution in [3.8, 4) is 11.5 Å². The van der Waals surface area contributed by atoms with Crippen LogP contribution in [0, 0.1) is 18.8 Å². The van der Waals surface area contributed by atoms with Gasteiger partial charge in [0, 0.05) is 29.2 Å². The number of allylic oxidation sites excluding steroid dienone is 1. The monoisotopic (exact) mass is 804 g/mol. The predicted octanol–water partition coefficient (Wildman–Crippen LogP) is 5.49. The number of benzene rings is 1. The van der Waals surface area contributed by atoms with Gasteiger partial charge in [0.1, 0.15) is 34.8 Å². The Kier molecular flexibility index (Phi) is 10.6. The van der Waals surface area contributed by atoms with Gasteiger partial charge in [0.25, 0.3) is 5.91 Å². The topological polar surface area (TPSA) is 170 Å². The van der Waals surface area contributed by atoms with E-state index >= 15 is 0 Å². The largest absolute Gasteiger partial charge is 0.497 e. The van der Waals surface area contributed by atoms with Gasteiger partial charge in [0.15, 0.2) is 0 Å². The van der Waals surface area contributed by atoms with Crippen LogP contribution in [0.5, 0.6) is 11.5 Å². The summed E-state index contributed by atoms with van der Waals surface area (Å²) in [5, 5.41) is 3.90. The maximum absolute atomic E-state index is 14.9. The summed E-state index contributed by atoms with van der Waals surface area (Å²) in [6.07, 6.45) is 14.4. The smallest absolute Gasteiger partial charge is 0.306 e. The number of nitrogens with one attached hydrogen (secondary N) is 2. The first-order chi connectivity index (χ1) is 27.3. The minimum atomic E-state index is -3.98. The maximum atomic E-state index is 14.9. The summed E-state index contributed by atoms with van der Waals surface area (Å²) in [6, 6.07) is 4.70. The number of fused-ring (bicyclic) bond motifs is 5. The van der Waals surface area contributed by atoms with Gasteiger partial charge >= 0.3 is 5.97 Å². The Labute approximate surface area is 335 Å². The Bertz CT molecular complexity index is 2090. The first kappa shape index (κ1) is 39.6. The summed E-state index contributed by atoms with van der Waals surface area (Å²) in [7, 11) is -2.36. The van der Waals surface area contributed by atoms with Gasteiger partial charge in [-0.1, -0.05) is 31.4 Å². The highest BCUT2D eigenvalue weighted by Gasteiger charge is 2.64. The molecule has 0 radical (unpaired) electrons. The van der Waals surface area contributed by atoms with Crippen molar-refractivity contribution in [1.29, 1.82) is 0 Å². The number of sulfonamides is 1. The van der Waals surface area contributed by atoms with Crippen LogP contribution in [0.3, 0.4) is 0 Å². The minimum Gasteiger partial charge on any atom is -0.497 e. The molecule has 1 spiro atoms. The highest BCUT2D eigenvalue weighted by molar-refractivity contribution is 7.91. The lowest BCUT2D eigenvalue weighted by atomic mass is 9.87. The van der Waals surface area contributed by atoms with Gasteiger partial charge in [0.2, 0.25) is 21.8 Å². The molecule has 6 aliphatic rings. The molecule has 5 atom stereocenters. The van der Waals surface area contributed by atoms with Crippen LogP contribution in [0.1, 0.15) is 121 Å². The fourth-order valence-corrected chi connectivity index (χ4v) is 10.9. The molecule has 3 aliphatic carbocycles. The van der Waals surface area contributed by atoms with E-state index in [1.807, 2.05) is 37.3 Å². The Hall–Kier alpha value is -4.20. The third-order valence-electron chi connectivity index (χ3n) is 13.6. The van der Waals surface area contributed by atoms with Crippen molar-refractivity contribution >= 4 is 44.6 Å². The van der Waals surface area contributed by atoms with E-state index in [1.165, 1.54) is 0 Å². The Morgan fingerprint density at radius 1 is 1.04 bits per heavy atom. The van der Waals surface area contributed by atoms with Crippen molar-refractivity contribution in [1.82, 2.24) is 19.9 Å². The standard InChI is InChI=1S/C43H56N4O9S/c1-27-37-32(33-23-31(54-3)16-17-34(33)44-27)18-19-42(56-37)25-35-38(49)45-43(40(51)46-57(52,53)41(2)20-21-41)24-29(43)13-9-6-4-5-8-12-28(39(50)47(35)26-42)22-36(48)55-30-14-10-7-11-15-30/h9,13,16-17,23,28-30,35H,4-8,10-12,14-15,18-22,24-26H2,1-3H3,(H,45,49)(H,46,51)/b13-9-/t28-,29-,35+,42-,43-/m1/s1. The number of carbonyl (C=O) groups excluding carboxylic acids is 4. The van der Waals surface area contributed by atoms with E-state index in [0.717, 1.165) is 67.8 Å². The number of nitrogens with zero attached hydrogens (tertiary/aromatic N) is 2. The molecule has 4 heterocycles. The molecule has 57 heavy (non-hydrogen) atoms. The number of pyridine rings is 1. The molecule has 1 saturated heterocycles. The molecule has 3 amide bonds. The first-order valence-corrected chi connectivity index (χ1v) is 22.5. The van der Waals surface area contributed by atoms with Gasteiger partial charge in [-0.15, -0.1) is 0 Å². The Morgan fingerprint density at radius 3 is 2.54 bits per heavy atom. The van der Waals surface area contributed by atoms with Gasteiger partial charge in [-0.05, 0) is 109 Å². The molecule has 2 aromatic rings. The van der Waals surface area contributed by atoms with E-state index in [1.54, 1.807) is 18.9 Å². The zero-order valence-corrected chi connectivity index (χ0v) is 34.2. The van der Waals surface area contributed by atoms with Gasteiger partial charge in [-0.2, -0.15) is 0 Å². The van der Waals surface area contributed by atoms with E-state index in [4.69, 9.17) is 19.2 Å². The normalized spacial score (nSPS) is 30.7. The zero-order chi connectivity index (χ0) is 40.2. The second kappa shape index (κ2) is 15.2. The van der Waals surface area contributed by atoms with Crippen molar-refractivity contribution in [3.63, 3.8) is 0 Å². The second-order valence-corrected chi connectivity index (χ2v) is 19.9. The zero-order valence-electron chi connectivity index (χ0n) is 33.4. The summed E-state index contributed by atoms with van der Waals surface area (Å²) in [5.74, 6) is -1.83. The number of amides is 3. The first-order valence-electron chi connectivity index (χ1n) is 21.0. The highest BCUT2D eigenvalue weighted by Crippen LogP contribution is 2.49. The van der Waals surface area contributed by atoms with E-state index in [-0.39, 0.29) is 37.8 Å². The number of ether oxygens (including phenoxy) is 3. The molecule has 2 N–H and O–H groups in total. The molecule has 13 nitrogen and oxygen atoms in total. The summed E-state index contributed by atoms with van der Waals surface area (Å²) < 4.78 is 46.2. The number of hydrogen-bond acceptors (Lipinski definition) is 10. The van der Waals surface area contributed by atoms with Crippen LogP contribution >= 0.6 is 0 Å². The van der Waals surface area contributed by atoms with Gasteiger partial charge in [-0.3, -0.25) is 23.9 Å². The second-order valence-electron chi connectivity index (χ2n) is 17.7. The number of carbonyl (C=O) groups is 4. The molecule has 3 saturated carbocycles. The highest BCUT2D eigenvalue weighted by atomic mass is 32.2. The lowest BCUT2D eigenvalue weighted by Crippen LogP contribution is -2.57. The van der Waals surface area contributed by atoms with Crippen LogP contribution in [-0.2, 0) is 40.4 Å². The summed E-state index contributed by atoms with van der Waals surface area (Å²) >= 11 is 0. The summed E-state index contributed by atoms with van der Waals surface area (Å²) in [5.41, 5.74) is 0.0545. The summed E-state index contributed by atoms with van der Waals surface area (Å²) in [6.45, 7) is 3.60. The Morgan fingerprint density at radius 2 is 1.79 bits per heavy atom. The average Bonchev–Trinajstić information content (AvgIpc) is 4.08. The minimum absolute atomic E-state index is 0.0847. The molecular weight excluding hydrogens is 749 g/mol. The molecule has 1 aromatic carbocycles. The lowest BCUT2D eigenvalue weighted by Gasteiger charge is -2.36. The van der Waals surface area contributed by atoms with Gasteiger partial charge in [0.05, 0.1) is 36.0 Å². The van der Waals surface area contributed by atoms with Gasteiger partial charge in [-0.25, -0.2) is 13.4 Å².